The second-order valence-corrected chi connectivity index (χ2v) is 6.29. The highest BCUT2D eigenvalue weighted by molar-refractivity contribution is 5.92. The van der Waals surface area contributed by atoms with E-state index >= 15 is 0 Å². The molecule has 1 heterocycles. The van der Waals surface area contributed by atoms with Crippen LogP contribution in [0.2, 0.25) is 0 Å². The average Bonchev–Trinajstić information content (AvgIpc) is 2.60. The Morgan fingerprint density at radius 3 is 2.40 bits per heavy atom. The van der Waals surface area contributed by atoms with Crippen molar-refractivity contribution in [1.29, 1.82) is 0 Å². The summed E-state index contributed by atoms with van der Waals surface area (Å²) >= 11 is 0. The number of carbonyl (C=O) groups is 1. The molecule has 2 aromatic rings. The molecule has 5 heteroatoms. The van der Waals surface area contributed by atoms with Crippen LogP contribution in [0.1, 0.15) is 54.0 Å². The van der Waals surface area contributed by atoms with Crippen LogP contribution in [0.5, 0.6) is 0 Å². The summed E-state index contributed by atoms with van der Waals surface area (Å²) in [5.41, 5.74) is 3.51. The quantitative estimate of drug-likeness (QED) is 0.797. The van der Waals surface area contributed by atoms with Crippen LogP contribution in [0.3, 0.4) is 0 Å². The molecular weight excluding hydrogens is 312 g/mol. The molecule has 0 atom stereocenters. The lowest BCUT2D eigenvalue weighted by molar-refractivity contribution is 0.0945. The molecule has 0 saturated carbocycles. The summed E-state index contributed by atoms with van der Waals surface area (Å²) in [6.07, 6.45) is 2.04. The van der Waals surface area contributed by atoms with Crippen molar-refractivity contribution in [2.75, 3.05) is 18.0 Å². The molecule has 2 rings (SSSR count). The molecule has 0 unspecified atom stereocenters. The van der Waals surface area contributed by atoms with Crippen molar-refractivity contribution >= 4 is 11.9 Å². The summed E-state index contributed by atoms with van der Waals surface area (Å²) in [5.74, 6) is 0.479. The van der Waals surface area contributed by atoms with Gasteiger partial charge in [0.1, 0.15) is 5.69 Å². The lowest BCUT2D eigenvalue weighted by Crippen LogP contribution is -2.29. The van der Waals surface area contributed by atoms with Gasteiger partial charge in [-0.2, -0.15) is 0 Å². The average molecular weight is 340 g/mol. The van der Waals surface area contributed by atoms with Gasteiger partial charge in [-0.3, -0.25) is 4.79 Å². The highest BCUT2D eigenvalue weighted by Gasteiger charge is 2.14. The van der Waals surface area contributed by atoms with Crippen LogP contribution in [0.15, 0.2) is 30.3 Å². The number of aromatic nitrogens is 2. The normalized spacial score (nSPS) is 10.6. The second-order valence-electron chi connectivity index (χ2n) is 6.29. The van der Waals surface area contributed by atoms with Crippen LogP contribution in [-0.2, 0) is 6.54 Å². The van der Waals surface area contributed by atoms with Crippen LogP contribution < -0.4 is 10.2 Å². The zero-order valence-electron chi connectivity index (χ0n) is 15.7. The molecule has 0 radical (unpaired) electrons. The molecule has 5 nitrogen and oxygen atoms in total. The van der Waals surface area contributed by atoms with Crippen LogP contribution in [0, 0.1) is 13.8 Å². The Kier molecular flexibility index (Phi) is 6.92. The van der Waals surface area contributed by atoms with Gasteiger partial charge in [0.05, 0.1) is 0 Å². The molecule has 1 aromatic carbocycles. The molecule has 0 spiro atoms. The fourth-order valence-corrected chi connectivity index (χ4v) is 2.74. The Balaban J connectivity index is 2.15. The fourth-order valence-electron chi connectivity index (χ4n) is 2.74. The van der Waals surface area contributed by atoms with Gasteiger partial charge in [0.2, 0.25) is 5.95 Å². The number of rotatable bonds is 8. The smallest absolute Gasteiger partial charge is 0.270 e. The summed E-state index contributed by atoms with van der Waals surface area (Å²) in [6, 6.07) is 9.79. The highest BCUT2D eigenvalue weighted by Crippen LogP contribution is 2.12. The number of anilines is 1. The van der Waals surface area contributed by atoms with Gasteiger partial charge < -0.3 is 10.2 Å². The third-order valence-corrected chi connectivity index (χ3v) is 4.05. The molecule has 0 aliphatic rings. The number of hydrogen-bond donors (Lipinski definition) is 1. The van der Waals surface area contributed by atoms with Gasteiger partial charge in [-0.05, 0) is 43.9 Å². The van der Waals surface area contributed by atoms with Crippen LogP contribution in [0.4, 0.5) is 5.95 Å². The summed E-state index contributed by atoms with van der Waals surface area (Å²) in [4.78, 5) is 23.7. The number of amides is 1. The SMILES string of the molecule is CCCN(CCC)c1nc(C)cc(C(=O)NCc2ccccc2C)n1. The molecule has 0 aliphatic carbocycles. The Bertz CT molecular complexity index is 709. The van der Waals surface area contributed by atoms with Crippen molar-refractivity contribution in [3.05, 3.63) is 52.8 Å². The zero-order chi connectivity index (χ0) is 18.2. The minimum absolute atomic E-state index is 0.164. The first kappa shape index (κ1) is 18.9. The van der Waals surface area contributed by atoms with Crippen molar-refractivity contribution in [2.24, 2.45) is 0 Å². The highest BCUT2D eigenvalue weighted by atomic mass is 16.1. The van der Waals surface area contributed by atoms with Crippen molar-refractivity contribution in [3.63, 3.8) is 0 Å². The van der Waals surface area contributed by atoms with E-state index in [1.165, 1.54) is 5.56 Å². The predicted molar refractivity (Wildman–Crippen MR) is 102 cm³/mol. The molecule has 0 saturated heterocycles. The molecule has 134 valence electrons. The van der Waals surface area contributed by atoms with E-state index in [9.17, 15) is 4.79 Å². The van der Waals surface area contributed by atoms with Gasteiger partial charge in [0, 0.05) is 25.3 Å². The van der Waals surface area contributed by atoms with Gasteiger partial charge in [-0.25, -0.2) is 9.97 Å². The largest absolute Gasteiger partial charge is 0.347 e. The first-order valence-electron chi connectivity index (χ1n) is 8.98. The molecule has 25 heavy (non-hydrogen) atoms. The van der Waals surface area contributed by atoms with Crippen molar-refractivity contribution < 1.29 is 4.79 Å². The number of nitrogens with zero attached hydrogens (tertiary/aromatic N) is 3. The third kappa shape index (κ3) is 5.28. The second kappa shape index (κ2) is 9.16. The summed E-state index contributed by atoms with van der Waals surface area (Å²) < 4.78 is 0. The van der Waals surface area contributed by atoms with Gasteiger partial charge in [-0.15, -0.1) is 0 Å². The lowest BCUT2D eigenvalue weighted by atomic mass is 10.1. The van der Waals surface area contributed by atoms with Gasteiger partial charge >= 0.3 is 0 Å². The Labute approximate surface area is 150 Å². The third-order valence-electron chi connectivity index (χ3n) is 4.05. The van der Waals surface area contributed by atoms with Crippen molar-refractivity contribution in [3.8, 4) is 0 Å². The van der Waals surface area contributed by atoms with E-state index in [-0.39, 0.29) is 5.91 Å². The van der Waals surface area contributed by atoms with Crippen LogP contribution in [0.25, 0.3) is 0 Å². The number of nitrogens with one attached hydrogen (secondary N) is 1. The van der Waals surface area contributed by atoms with E-state index in [4.69, 9.17) is 0 Å². The van der Waals surface area contributed by atoms with E-state index < -0.39 is 0 Å². The van der Waals surface area contributed by atoms with Gasteiger partial charge in [0.25, 0.3) is 5.91 Å². The van der Waals surface area contributed by atoms with E-state index in [2.05, 4.69) is 34.0 Å². The number of aryl methyl sites for hydroxylation is 2. The molecule has 1 aromatic heterocycles. The monoisotopic (exact) mass is 340 g/mol. The predicted octanol–water partition coefficient (Wildman–Crippen LogP) is 3.65. The maximum absolute atomic E-state index is 12.6. The van der Waals surface area contributed by atoms with E-state index in [0.717, 1.165) is 37.2 Å². The summed E-state index contributed by atoms with van der Waals surface area (Å²) in [7, 11) is 0. The molecule has 1 N–H and O–H groups in total. The van der Waals surface area contributed by atoms with Gasteiger partial charge in [0.15, 0.2) is 0 Å². The van der Waals surface area contributed by atoms with Crippen molar-refractivity contribution in [1.82, 2.24) is 15.3 Å². The lowest BCUT2D eigenvalue weighted by Gasteiger charge is -2.22. The molecule has 0 fully saturated rings. The maximum Gasteiger partial charge on any atom is 0.270 e. The standard InChI is InChI=1S/C20H28N4O/c1-5-11-24(12-6-2)20-22-16(4)13-18(23-20)19(25)21-14-17-10-8-7-9-15(17)3/h7-10,13H,5-6,11-12,14H2,1-4H3,(H,21,25). The Morgan fingerprint density at radius 2 is 1.76 bits per heavy atom. The Morgan fingerprint density at radius 1 is 1.08 bits per heavy atom. The fraction of sp³-hybridized carbons (Fsp3) is 0.450. The first-order chi connectivity index (χ1) is 12.0. The zero-order valence-corrected chi connectivity index (χ0v) is 15.7. The number of hydrogen-bond acceptors (Lipinski definition) is 4. The van der Waals surface area contributed by atoms with E-state index in [1.54, 1.807) is 6.07 Å². The number of carbonyl (C=O) groups excluding carboxylic acids is 1. The molecule has 0 aliphatic heterocycles. The van der Waals surface area contributed by atoms with E-state index in [1.807, 2.05) is 38.1 Å². The summed E-state index contributed by atoms with van der Waals surface area (Å²) in [6.45, 7) is 10.5. The molecule has 0 bridgehead atoms. The molecule has 1 amide bonds. The maximum atomic E-state index is 12.6. The van der Waals surface area contributed by atoms with Crippen LogP contribution >= 0.6 is 0 Å². The first-order valence-corrected chi connectivity index (χ1v) is 8.98. The van der Waals surface area contributed by atoms with E-state index in [0.29, 0.717) is 18.2 Å². The minimum atomic E-state index is -0.164. The van der Waals surface area contributed by atoms with Gasteiger partial charge in [-0.1, -0.05) is 38.1 Å². The minimum Gasteiger partial charge on any atom is -0.347 e. The number of benzene rings is 1. The molecular formula is C20H28N4O. The summed E-state index contributed by atoms with van der Waals surface area (Å²) in [5, 5.41) is 2.97. The van der Waals surface area contributed by atoms with Crippen molar-refractivity contribution in [2.45, 2.75) is 47.1 Å². The Hall–Kier alpha value is -2.43. The topological polar surface area (TPSA) is 58.1 Å². The van der Waals surface area contributed by atoms with Crippen LogP contribution in [-0.4, -0.2) is 29.0 Å².